The Bertz CT molecular complexity index is 524. The molecule has 7 heteroatoms. The van der Waals surface area contributed by atoms with Gasteiger partial charge in [0.2, 0.25) is 5.91 Å². The summed E-state index contributed by atoms with van der Waals surface area (Å²) in [5.74, 6) is 1.94. The molecule has 2 heterocycles. The van der Waals surface area contributed by atoms with E-state index in [0.29, 0.717) is 18.7 Å². The lowest BCUT2D eigenvalue weighted by Crippen LogP contribution is -2.63. The summed E-state index contributed by atoms with van der Waals surface area (Å²) in [6.45, 7) is 3.42. The molecule has 2 aliphatic heterocycles. The summed E-state index contributed by atoms with van der Waals surface area (Å²) in [7, 11) is 1.84. The van der Waals surface area contributed by atoms with Gasteiger partial charge in [-0.15, -0.1) is 0 Å². The van der Waals surface area contributed by atoms with Crippen LogP contribution in [0.5, 0.6) is 0 Å². The lowest BCUT2D eigenvalue weighted by atomic mass is 9.78. The number of carbonyl (C=O) groups is 1. The molecule has 2 saturated carbocycles. The van der Waals surface area contributed by atoms with Crippen molar-refractivity contribution < 1.29 is 14.6 Å². The molecule has 0 unspecified atom stereocenters. The highest BCUT2D eigenvalue weighted by Gasteiger charge is 2.34. The van der Waals surface area contributed by atoms with Crippen LogP contribution in [0.25, 0.3) is 0 Å². The van der Waals surface area contributed by atoms with Crippen molar-refractivity contribution in [2.24, 2.45) is 17.8 Å². The molecule has 4 aliphatic rings. The maximum Gasteiger partial charge on any atom is 0.225 e. The minimum absolute atomic E-state index is 0.150. The summed E-state index contributed by atoms with van der Waals surface area (Å²) < 4.78 is 5.51. The zero-order chi connectivity index (χ0) is 20.2. The lowest BCUT2D eigenvalue weighted by molar-refractivity contribution is -0.136. The van der Waals surface area contributed by atoms with E-state index < -0.39 is 0 Å². The molecule has 0 aromatic carbocycles. The maximum atomic E-state index is 12.6. The Morgan fingerprint density at radius 3 is 2.24 bits per heavy atom. The molecule has 0 radical (unpaired) electrons. The van der Waals surface area contributed by atoms with E-state index >= 15 is 0 Å². The van der Waals surface area contributed by atoms with E-state index in [4.69, 9.17) is 4.74 Å². The molecule has 0 aromatic rings. The van der Waals surface area contributed by atoms with Gasteiger partial charge in [-0.05, 0) is 69.6 Å². The van der Waals surface area contributed by atoms with Gasteiger partial charge in [0.1, 0.15) is 6.29 Å². The van der Waals surface area contributed by atoms with Crippen molar-refractivity contribution in [3.63, 3.8) is 0 Å². The highest BCUT2D eigenvalue weighted by molar-refractivity contribution is 5.79. The second kappa shape index (κ2) is 10.1. The number of nitrogens with one attached hydrogen (secondary N) is 3. The first-order valence-electron chi connectivity index (χ1n) is 11.8. The van der Waals surface area contributed by atoms with Gasteiger partial charge in [0.15, 0.2) is 0 Å². The highest BCUT2D eigenvalue weighted by Crippen LogP contribution is 2.32. The minimum atomic E-state index is -0.320. The topological polar surface area (TPSA) is 85.9 Å². The molecule has 29 heavy (non-hydrogen) atoms. The van der Waals surface area contributed by atoms with Crippen LogP contribution in [-0.4, -0.2) is 73.7 Å². The molecule has 1 amide bonds. The Morgan fingerprint density at radius 1 is 0.966 bits per heavy atom. The van der Waals surface area contributed by atoms with Gasteiger partial charge < -0.3 is 14.7 Å². The van der Waals surface area contributed by atoms with Crippen LogP contribution in [-0.2, 0) is 9.53 Å². The standard InChI is InChI=1S/C22H40N4O3/c1-29-20-8-4-15(5-9-20)17-12-23-22(24-13-17)25-18-6-2-16(3-7-18)21(28)26-11-10-19(27)14-26/h15-20,22-25,27H,2-14H2,1H3/t15?,16?,17?,18?,19-,20?,22?/m0/s1. The first-order chi connectivity index (χ1) is 14.1. The smallest absolute Gasteiger partial charge is 0.225 e. The number of nitrogens with zero attached hydrogens (tertiary/aromatic N) is 1. The first kappa shape index (κ1) is 21.5. The summed E-state index contributed by atoms with van der Waals surface area (Å²) in [4.78, 5) is 14.5. The van der Waals surface area contributed by atoms with Crippen LogP contribution in [0.3, 0.4) is 0 Å². The minimum Gasteiger partial charge on any atom is -0.391 e. The van der Waals surface area contributed by atoms with E-state index in [0.717, 1.165) is 63.6 Å². The largest absolute Gasteiger partial charge is 0.391 e. The van der Waals surface area contributed by atoms with Gasteiger partial charge in [-0.3, -0.25) is 20.7 Å². The van der Waals surface area contributed by atoms with Gasteiger partial charge in [-0.25, -0.2) is 0 Å². The van der Waals surface area contributed by atoms with E-state index in [1.165, 1.54) is 25.7 Å². The predicted octanol–water partition coefficient (Wildman–Crippen LogP) is 1.03. The Kier molecular flexibility index (Phi) is 7.45. The third-order valence-corrected chi connectivity index (χ3v) is 7.84. The summed E-state index contributed by atoms with van der Waals surface area (Å²) in [5, 5.41) is 20.7. The summed E-state index contributed by atoms with van der Waals surface area (Å²) in [6.07, 6.45) is 10.1. The Hall–Kier alpha value is -0.730. The number of aliphatic hydroxyl groups excluding tert-OH is 1. The molecule has 2 saturated heterocycles. The Labute approximate surface area is 175 Å². The first-order valence-corrected chi connectivity index (χ1v) is 11.8. The second-order valence-electron chi connectivity index (χ2n) is 9.72. The lowest BCUT2D eigenvalue weighted by Gasteiger charge is -2.40. The van der Waals surface area contributed by atoms with Crippen LogP contribution in [0.4, 0.5) is 0 Å². The molecule has 4 rings (SSSR count). The number of methoxy groups -OCH3 is 1. The molecule has 4 N–H and O–H groups in total. The van der Waals surface area contributed by atoms with Gasteiger partial charge in [0, 0.05) is 45.2 Å². The number of ether oxygens (including phenoxy) is 1. The molecular weight excluding hydrogens is 368 g/mol. The molecule has 0 aromatic heterocycles. The van der Waals surface area contributed by atoms with Crippen LogP contribution in [0.1, 0.15) is 57.8 Å². The fourth-order valence-electron chi connectivity index (χ4n) is 5.87. The third-order valence-electron chi connectivity index (χ3n) is 7.84. The number of rotatable bonds is 5. The quantitative estimate of drug-likeness (QED) is 0.544. The van der Waals surface area contributed by atoms with Crippen molar-refractivity contribution in [2.45, 2.75) is 82.3 Å². The summed E-state index contributed by atoms with van der Waals surface area (Å²) in [5.41, 5.74) is 0. The second-order valence-corrected chi connectivity index (χ2v) is 9.72. The van der Waals surface area contributed by atoms with Gasteiger partial charge in [-0.1, -0.05) is 0 Å². The van der Waals surface area contributed by atoms with E-state index in [2.05, 4.69) is 16.0 Å². The van der Waals surface area contributed by atoms with Crippen LogP contribution < -0.4 is 16.0 Å². The fourth-order valence-corrected chi connectivity index (χ4v) is 5.87. The van der Waals surface area contributed by atoms with Crippen LogP contribution in [0.15, 0.2) is 0 Å². The highest BCUT2D eigenvalue weighted by atomic mass is 16.5. The van der Waals surface area contributed by atoms with Crippen LogP contribution in [0.2, 0.25) is 0 Å². The average molecular weight is 409 g/mol. The van der Waals surface area contributed by atoms with E-state index in [9.17, 15) is 9.90 Å². The predicted molar refractivity (Wildman–Crippen MR) is 112 cm³/mol. The Morgan fingerprint density at radius 2 is 1.66 bits per heavy atom. The van der Waals surface area contributed by atoms with Crippen LogP contribution in [0, 0.1) is 17.8 Å². The third kappa shape index (κ3) is 5.50. The number of hydrogen-bond donors (Lipinski definition) is 4. The number of β-amino-alcohol motifs (C(OH)–C–C–N with tert-alkyl or cyclic N) is 1. The van der Waals surface area contributed by atoms with Crippen LogP contribution >= 0.6 is 0 Å². The van der Waals surface area contributed by atoms with Gasteiger partial charge in [0.05, 0.1) is 12.2 Å². The monoisotopic (exact) mass is 408 g/mol. The summed E-state index contributed by atoms with van der Waals surface area (Å²) in [6, 6.07) is 0.474. The molecular formula is C22H40N4O3. The van der Waals surface area contributed by atoms with Crippen molar-refractivity contribution >= 4 is 5.91 Å². The van der Waals surface area contributed by atoms with Crippen molar-refractivity contribution in [1.29, 1.82) is 0 Å². The summed E-state index contributed by atoms with van der Waals surface area (Å²) >= 11 is 0. The number of likely N-dealkylation sites (tertiary alicyclic amines) is 1. The number of aliphatic hydroxyl groups is 1. The maximum absolute atomic E-state index is 12.6. The fraction of sp³-hybridized carbons (Fsp3) is 0.955. The molecule has 4 fully saturated rings. The normalized spacial score (nSPS) is 41.4. The van der Waals surface area contributed by atoms with Crippen molar-refractivity contribution in [1.82, 2.24) is 20.9 Å². The molecule has 0 bridgehead atoms. The molecule has 2 aliphatic carbocycles. The number of amides is 1. The molecule has 7 nitrogen and oxygen atoms in total. The molecule has 0 spiro atoms. The Balaban J connectivity index is 1.13. The average Bonchev–Trinajstić information content (AvgIpc) is 3.21. The zero-order valence-corrected chi connectivity index (χ0v) is 17.9. The van der Waals surface area contributed by atoms with E-state index in [1.54, 1.807) is 0 Å². The van der Waals surface area contributed by atoms with Gasteiger partial charge in [-0.2, -0.15) is 0 Å². The zero-order valence-electron chi connectivity index (χ0n) is 17.9. The van der Waals surface area contributed by atoms with Gasteiger partial charge in [0.25, 0.3) is 0 Å². The molecule has 166 valence electrons. The SMILES string of the molecule is COC1CCC(C2CNC(NC3CCC(C(=O)N4CC[C@H](O)C4)CC3)NC2)CC1. The van der Waals surface area contributed by atoms with Gasteiger partial charge >= 0.3 is 0 Å². The number of carbonyl (C=O) groups excluding carboxylic acids is 1. The van der Waals surface area contributed by atoms with E-state index in [-0.39, 0.29) is 24.2 Å². The van der Waals surface area contributed by atoms with Crippen molar-refractivity contribution in [3.8, 4) is 0 Å². The van der Waals surface area contributed by atoms with Crippen molar-refractivity contribution in [3.05, 3.63) is 0 Å². The molecule has 1 atom stereocenters. The number of hydrogen-bond acceptors (Lipinski definition) is 6. The van der Waals surface area contributed by atoms with Crippen molar-refractivity contribution in [2.75, 3.05) is 33.3 Å². The van der Waals surface area contributed by atoms with E-state index in [1.807, 2.05) is 12.0 Å².